The van der Waals surface area contributed by atoms with Crippen molar-refractivity contribution in [3.05, 3.63) is 0 Å². The normalized spacial score (nSPS) is 18.6. The molecule has 0 spiro atoms. The highest BCUT2D eigenvalue weighted by Crippen LogP contribution is 2.24. The molecule has 1 aliphatic rings. The van der Waals surface area contributed by atoms with Gasteiger partial charge in [-0.2, -0.15) is 0 Å². The Morgan fingerprint density at radius 3 is 2.30 bits per heavy atom. The van der Waals surface area contributed by atoms with E-state index in [-0.39, 0.29) is 0 Å². The van der Waals surface area contributed by atoms with Crippen molar-refractivity contribution >= 4 is 23.8 Å². The zero-order chi connectivity index (χ0) is 15.5. The van der Waals surface area contributed by atoms with E-state index in [9.17, 15) is 19.2 Å². The van der Waals surface area contributed by atoms with Gasteiger partial charge in [-0.15, -0.1) is 0 Å². The summed E-state index contributed by atoms with van der Waals surface area (Å²) in [7, 11) is 0. The van der Waals surface area contributed by atoms with Crippen LogP contribution in [0.25, 0.3) is 0 Å². The molecule has 0 unspecified atom stereocenters. The third-order valence-corrected chi connectivity index (χ3v) is 3.50. The van der Waals surface area contributed by atoms with Gasteiger partial charge in [0.2, 0.25) is 5.91 Å². The second-order valence-corrected chi connectivity index (χ2v) is 4.74. The fourth-order valence-electron chi connectivity index (χ4n) is 2.04. The Morgan fingerprint density at radius 2 is 1.90 bits per heavy atom. The molecule has 0 saturated carbocycles. The Labute approximate surface area is 116 Å². The summed E-state index contributed by atoms with van der Waals surface area (Å²) in [5, 5.41) is 13.5. The zero-order valence-electron chi connectivity index (χ0n) is 11.7. The standard InChI is InChI=1S/C12H19N3O5/c1-4-12(5-2)10(19)15(11(20)14-12)6-8(16)13-7(3)9(17)18/h7H,4-6H2,1-3H3,(H,13,16)(H,14,20)(H,17,18)/t7-/m0/s1. The third kappa shape index (κ3) is 2.89. The Bertz CT molecular complexity index is 444. The Hall–Kier alpha value is -2.12. The summed E-state index contributed by atoms with van der Waals surface area (Å²) in [5.74, 6) is -2.33. The number of nitrogens with zero attached hydrogens (tertiary/aromatic N) is 1. The fourth-order valence-corrected chi connectivity index (χ4v) is 2.04. The molecule has 0 bridgehead atoms. The van der Waals surface area contributed by atoms with Gasteiger partial charge >= 0.3 is 12.0 Å². The monoisotopic (exact) mass is 285 g/mol. The summed E-state index contributed by atoms with van der Waals surface area (Å²) < 4.78 is 0. The second kappa shape index (κ2) is 5.89. The van der Waals surface area contributed by atoms with Gasteiger partial charge in [0.15, 0.2) is 0 Å². The molecule has 20 heavy (non-hydrogen) atoms. The maximum absolute atomic E-state index is 12.2. The molecule has 0 radical (unpaired) electrons. The molecule has 1 fully saturated rings. The molecule has 112 valence electrons. The molecule has 0 aliphatic carbocycles. The second-order valence-electron chi connectivity index (χ2n) is 4.74. The summed E-state index contributed by atoms with van der Waals surface area (Å²) in [6.45, 7) is 4.37. The first-order valence-corrected chi connectivity index (χ1v) is 6.43. The van der Waals surface area contributed by atoms with E-state index in [0.717, 1.165) is 4.90 Å². The van der Waals surface area contributed by atoms with Crippen molar-refractivity contribution in [1.82, 2.24) is 15.5 Å². The molecule has 1 aliphatic heterocycles. The SMILES string of the molecule is CCC1(CC)NC(=O)N(CC(=O)N[C@@H](C)C(=O)O)C1=O. The van der Waals surface area contributed by atoms with Crippen molar-refractivity contribution in [3.8, 4) is 0 Å². The highest BCUT2D eigenvalue weighted by Gasteiger charge is 2.49. The van der Waals surface area contributed by atoms with Crippen LogP contribution < -0.4 is 10.6 Å². The van der Waals surface area contributed by atoms with Crippen LogP contribution in [0.2, 0.25) is 0 Å². The number of rotatable bonds is 6. The molecule has 1 saturated heterocycles. The van der Waals surface area contributed by atoms with Crippen LogP contribution >= 0.6 is 0 Å². The molecule has 8 heteroatoms. The van der Waals surface area contributed by atoms with E-state index in [1.165, 1.54) is 6.92 Å². The largest absolute Gasteiger partial charge is 0.480 e. The third-order valence-electron chi connectivity index (χ3n) is 3.50. The number of amides is 4. The van der Waals surface area contributed by atoms with Crippen molar-refractivity contribution in [2.45, 2.75) is 45.2 Å². The molecule has 0 aromatic heterocycles. The topological polar surface area (TPSA) is 116 Å². The lowest BCUT2D eigenvalue weighted by molar-refractivity contribution is -0.141. The molecular formula is C12H19N3O5. The first-order valence-electron chi connectivity index (χ1n) is 6.43. The van der Waals surface area contributed by atoms with E-state index >= 15 is 0 Å². The number of carbonyl (C=O) groups is 4. The van der Waals surface area contributed by atoms with E-state index in [2.05, 4.69) is 10.6 Å². The maximum Gasteiger partial charge on any atom is 0.325 e. The first-order chi connectivity index (χ1) is 9.27. The van der Waals surface area contributed by atoms with Gasteiger partial charge in [-0.05, 0) is 19.8 Å². The lowest BCUT2D eigenvalue weighted by atomic mass is 9.93. The highest BCUT2D eigenvalue weighted by atomic mass is 16.4. The minimum atomic E-state index is -1.19. The number of carboxylic acids is 1. The molecule has 3 N–H and O–H groups in total. The molecule has 1 rings (SSSR count). The van der Waals surface area contributed by atoms with Gasteiger partial charge in [-0.3, -0.25) is 19.3 Å². The van der Waals surface area contributed by atoms with Gasteiger partial charge in [0.05, 0.1) is 0 Å². The number of aliphatic carboxylic acids is 1. The van der Waals surface area contributed by atoms with Crippen LogP contribution in [0.15, 0.2) is 0 Å². The molecule has 0 aromatic carbocycles. The molecule has 1 heterocycles. The van der Waals surface area contributed by atoms with Crippen LogP contribution in [0.4, 0.5) is 4.79 Å². The fraction of sp³-hybridized carbons (Fsp3) is 0.667. The van der Waals surface area contributed by atoms with Crippen molar-refractivity contribution in [3.63, 3.8) is 0 Å². The number of hydrogen-bond donors (Lipinski definition) is 3. The number of nitrogens with one attached hydrogen (secondary N) is 2. The van der Waals surface area contributed by atoms with Crippen LogP contribution in [-0.2, 0) is 14.4 Å². The van der Waals surface area contributed by atoms with E-state index in [0.29, 0.717) is 12.8 Å². The van der Waals surface area contributed by atoms with Gasteiger partial charge < -0.3 is 15.7 Å². The van der Waals surface area contributed by atoms with Crippen LogP contribution in [-0.4, -0.2) is 51.9 Å². The quantitative estimate of drug-likeness (QED) is 0.579. The molecule has 4 amide bonds. The summed E-state index contributed by atoms with van der Waals surface area (Å²) in [6, 6.07) is -1.71. The minimum Gasteiger partial charge on any atom is -0.480 e. The van der Waals surface area contributed by atoms with Crippen molar-refractivity contribution in [2.24, 2.45) is 0 Å². The van der Waals surface area contributed by atoms with Gasteiger partial charge in [-0.25, -0.2) is 4.79 Å². The Kier molecular flexibility index (Phi) is 4.69. The number of hydrogen-bond acceptors (Lipinski definition) is 4. The van der Waals surface area contributed by atoms with Gasteiger partial charge in [0, 0.05) is 0 Å². The Morgan fingerprint density at radius 1 is 1.35 bits per heavy atom. The van der Waals surface area contributed by atoms with E-state index in [1.807, 2.05) is 0 Å². The van der Waals surface area contributed by atoms with E-state index < -0.39 is 41.9 Å². The lowest BCUT2D eigenvalue weighted by Crippen LogP contribution is -2.48. The molecule has 1 atom stereocenters. The van der Waals surface area contributed by atoms with Gasteiger partial charge in [-0.1, -0.05) is 13.8 Å². The van der Waals surface area contributed by atoms with Crippen LogP contribution in [0, 0.1) is 0 Å². The summed E-state index contributed by atoms with van der Waals surface area (Å²) in [4.78, 5) is 47.1. The average molecular weight is 285 g/mol. The Balaban J connectivity index is 2.74. The van der Waals surface area contributed by atoms with Crippen molar-refractivity contribution < 1.29 is 24.3 Å². The highest BCUT2D eigenvalue weighted by molar-refractivity contribution is 6.09. The average Bonchev–Trinajstić information content (AvgIpc) is 2.63. The smallest absolute Gasteiger partial charge is 0.325 e. The number of imide groups is 1. The van der Waals surface area contributed by atoms with Crippen LogP contribution in [0.5, 0.6) is 0 Å². The van der Waals surface area contributed by atoms with Gasteiger partial charge in [0.25, 0.3) is 5.91 Å². The molecule has 8 nitrogen and oxygen atoms in total. The predicted octanol–water partition coefficient (Wildman–Crippen LogP) is -0.314. The predicted molar refractivity (Wildman–Crippen MR) is 68.8 cm³/mol. The van der Waals surface area contributed by atoms with Crippen molar-refractivity contribution in [1.29, 1.82) is 0 Å². The van der Waals surface area contributed by atoms with Crippen molar-refractivity contribution in [2.75, 3.05) is 6.54 Å². The van der Waals surface area contributed by atoms with E-state index in [4.69, 9.17) is 5.11 Å². The van der Waals surface area contributed by atoms with Crippen LogP contribution in [0.1, 0.15) is 33.6 Å². The van der Waals surface area contributed by atoms with Gasteiger partial charge in [0.1, 0.15) is 18.1 Å². The molecule has 0 aromatic rings. The number of urea groups is 1. The summed E-state index contributed by atoms with van der Waals surface area (Å²) in [6.07, 6.45) is 0.857. The number of carboxylic acid groups (broad SMARTS) is 1. The van der Waals surface area contributed by atoms with E-state index in [1.54, 1.807) is 13.8 Å². The molecular weight excluding hydrogens is 266 g/mol. The lowest BCUT2D eigenvalue weighted by Gasteiger charge is -2.23. The zero-order valence-corrected chi connectivity index (χ0v) is 11.7. The maximum atomic E-state index is 12.2. The first kappa shape index (κ1) is 15.9. The minimum absolute atomic E-state index is 0.428. The number of carbonyl (C=O) groups excluding carboxylic acids is 3. The van der Waals surface area contributed by atoms with Crippen LogP contribution in [0.3, 0.4) is 0 Å². The summed E-state index contributed by atoms with van der Waals surface area (Å²) >= 11 is 0. The summed E-state index contributed by atoms with van der Waals surface area (Å²) in [5.41, 5.74) is -0.963.